The lowest BCUT2D eigenvalue weighted by Gasteiger charge is -2.09. The van der Waals surface area contributed by atoms with E-state index in [-0.39, 0.29) is 5.91 Å². The number of carbonyl (C=O) groups excluding carboxylic acids is 1. The van der Waals surface area contributed by atoms with Gasteiger partial charge in [-0.15, -0.1) is 11.8 Å². The minimum absolute atomic E-state index is 0.205. The highest BCUT2D eigenvalue weighted by atomic mass is 35.5. The van der Waals surface area contributed by atoms with Crippen LogP contribution in [0.1, 0.15) is 17.3 Å². The van der Waals surface area contributed by atoms with E-state index in [1.54, 1.807) is 23.9 Å². The molecule has 1 N–H and O–H groups in total. The van der Waals surface area contributed by atoms with E-state index in [2.05, 4.69) is 12.2 Å². The molecule has 0 saturated carbocycles. The van der Waals surface area contributed by atoms with Gasteiger partial charge < -0.3 is 9.73 Å². The van der Waals surface area contributed by atoms with Crippen LogP contribution in [0.3, 0.4) is 0 Å². The molecular weight excluding hydrogens is 270 g/mol. The Morgan fingerprint density at radius 2 is 2.28 bits per heavy atom. The SMILES string of the molecule is CCSc1ccc(Cl)cc1NC(=O)c1ccoc1. The molecule has 0 bridgehead atoms. The number of furan rings is 1. The summed E-state index contributed by atoms with van der Waals surface area (Å²) in [5.74, 6) is 0.722. The van der Waals surface area contributed by atoms with Gasteiger partial charge in [-0.05, 0) is 30.0 Å². The molecule has 0 aliphatic heterocycles. The summed E-state index contributed by atoms with van der Waals surface area (Å²) < 4.78 is 4.88. The van der Waals surface area contributed by atoms with Gasteiger partial charge in [0.05, 0.1) is 17.5 Å². The number of carbonyl (C=O) groups is 1. The number of thioether (sulfide) groups is 1. The van der Waals surface area contributed by atoms with Gasteiger partial charge in [0.25, 0.3) is 5.91 Å². The quantitative estimate of drug-likeness (QED) is 0.850. The molecule has 0 spiro atoms. The highest BCUT2D eigenvalue weighted by Crippen LogP contribution is 2.30. The van der Waals surface area contributed by atoms with Gasteiger partial charge >= 0.3 is 0 Å². The maximum atomic E-state index is 11.9. The monoisotopic (exact) mass is 281 g/mol. The molecule has 0 unspecified atom stereocenters. The normalized spacial score (nSPS) is 10.3. The second kappa shape index (κ2) is 5.98. The predicted octanol–water partition coefficient (Wildman–Crippen LogP) is 4.30. The van der Waals surface area contributed by atoms with Gasteiger partial charge in [0.1, 0.15) is 6.26 Å². The number of halogens is 1. The molecule has 0 fully saturated rings. The minimum Gasteiger partial charge on any atom is -0.472 e. The van der Waals surface area contributed by atoms with E-state index in [9.17, 15) is 4.79 Å². The summed E-state index contributed by atoms with van der Waals surface area (Å²) in [5, 5.41) is 3.43. The van der Waals surface area contributed by atoms with E-state index in [0.29, 0.717) is 10.6 Å². The average Bonchev–Trinajstić information content (AvgIpc) is 2.86. The van der Waals surface area contributed by atoms with Crippen molar-refractivity contribution in [3.8, 4) is 0 Å². The Morgan fingerprint density at radius 1 is 1.44 bits per heavy atom. The Hall–Kier alpha value is -1.39. The molecule has 1 heterocycles. The Kier molecular flexibility index (Phi) is 4.33. The zero-order valence-electron chi connectivity index (χ0n) is 9.77. The summed E-state index contributed by atoms with van der Waals surface area (Å²) in [5.41, 5.74) is 1.21. The smallest absolute Gasteiger partial charge is 0.258 e. The summed E-state index contributed by atoms with van der Waals surface area (Å²) in [6, 6.07) is 7.08. The van der Waals surface area contributed by atoms with Crippen LogP contribution in [0, 0.1) is 0 Å². The van der Waals surface area contributed by atoms with E-state index >= 15 is 0 Å². The molecule has 5 heteroatoms. The highest BCUT2D eigenvalue weighted by molar-refractivity contribution is 7.99. The molecule has 94 valence electrons. The lowest BCUT2D eigenvalue weighted by molar-refractivity contribution is 0.102. The molecule has 0 saturated heterocycles. The first-order valence-electron chi connectivity index (χ1n) is 5.46. The lowest BCUT2D eigenvalue weighted by atomic mass is 10.2. The van der Waals surface area contributed by atoms with Crippen molar-refractivity contribution in [2.45, 2.75) is 11.8 Å². The third kappa shape index (κ3) is 3.09. The summed E-state index contributed by atoms with van der Waals surface area (Å²) in [7, 11) is 0. The number of rotatable bonds is 4. The molecular formula is C13H12ClNO2S. The molecule has 0 atom stereocenters. The molecule has 3 nitrogen and oxygen atoms in total. The fourth-order valence-electron chi connectivity index (χ4n) is 1.47. The molecule has 2 aromatic rings. The Morgan fingerprint density at radius 3 is 2.94 bits per heavy atom. The van der Waals surface area contributed by atoms with Crippen molar-refractivity contribution in [1.29, 1.82) is 0 Å². The van der Waals surface area contributed by atoms with Crippen LogP contribution < -0.4 is 5.32 Å². The maximum absolute atomic E-state index is 11.9. The number of hydrogen-bond acceptors (Lipinski definition) is 3. The van der Waals surface area contributed by atoms with Crippen LogP contribution in [0.2, 0.25) is 5.02 Å². The van der Waals surface area contributed by atoms with E-state index < -0.39 is 0 Å². The zero-order chi connectivity index (χ0) is 13.0. The summed E-state index contributed by atoms with van der Waals surface area (Å²) in [4.78, 5) is 12.9. The molecule has 2 rings (SSSR count). The van der Waals surface area contributed by atoms with E-state index in [1.807, 2.05) is 12.1 Å². The van der Waals surface area contributed by atoms with Crippen molar-refractivity contribution in [2.75, 3.05) is 11.1 Å². The van der Waals surface area contributed by atoms with Crippen LogP contribution in [0.4, 0.5) is 5.69 Å². The molecule has 18 heavy (non-hydrogen) atoms. The first-order valence-corrected chi connectivity index (χ1v) is 6.83. The van der Waals surface area contributed by atoms with E-state index in [4.69, 9.17) is 16.0 Å². The largest absolute Gasteiger partial charge is 0.472 e. The molecule has 1 amide bonds. The predicted molar refractivity (Wildman–Crippen MR) is 74.5 cm³/mol. The summed E-state index contributed by atoms with van der Waals surface area (Å²) in [6.45, 7) is 2.06. The molecule has 0 radical (unpaired) electrons. The van der Waals surface area contributed by atoms with Gasteiger partial charge in [0.2, 0.25) is 0 Å². The third-order valence-electron chi connectivity index (χ3n) is 2.27. The number of benzene rings is 1. The average molecular weight is 282 g/mol. The van der Waals surface area contributed by atoms with Gasteiger partial charge in [-0.2, -0.15) is 0 Å². The third-order valence-corrected chi connectivity index (χ3v) is 3.46. The van der Waals surface area contributed by atoms with Crippen molar-refractivity contribution >= 4 is 35.0 Å². The second-order valence-corrected chi connectivity index (χ2v) is 5.28. The first kappa shape index (κ1) is 13.1. The summed E-state index contributed by atoms with van der Waals surface area (Å²) in [6.07, 6.45) is 2.88. The Labute approximate surface area is 115 Å². The Balaban J connectivity index is 2.22. The maximum Gasteiger partial charge on any atom is 0.258 e. The minimum atomic E-state index is -0.205. The van der Waals surface area contributed by atoms with Crippen LogP contribution in [0.15, 0.2) is 46.1 Å². The van der Waals surface area contributed by atoms with Crippen LogP contribution in [0.25, 0.3) is 0 Å². The first-order chi connectivity index (χ1) is 8.70. The van der Waals surface area contributed by atoms with Gasteiger partial charge in [-0.25, -0.2) is 0 Å². The van der Waals surface area contributed by atoms with Gasteiger partial charge in [-0.3, -0.25) is 4.79 Å². The second-order valence-electron chi connectivity index (χ2n) is 3.54. The van der Waals surface area contributed by atoms with Crippen LogP contribution in [0.5, 0.6) is 0 Å². The fraction of sp³-hybridized carbons (Fsp3) is 0.154. The van der Waals surface area contributed by atoms with Crippen molar-refractivity contribution in [3.63, 3.8) is 0 Å². The van der Waals surface area contributed by atoms with Crippen molar-refractivity contribution < 1.29 is 9.21 Å². The molecule has 1 aromatic heterocycles. The van der Waals surface area contributed by atoms with Crippen LogP contribution in [-0.4, -0.2) is 11.7 Å². The number of nitrogens with one attached hydrogen (secondary N) is 1. The number of hydrogen-bond donors (Lipinski definition) is 1. The van der Waals surface area contributed by atoms with E-state index in [0.717, 1.165) is 16.3 Å². The highest BCUT2D eigenvalue weighted by Gasteiger charge is 2.10. The zero-order valence-corrected chi connectivity index (χ0v) is 11.3. The Bertz CT molecular complexity index is 540. The van der Waals surface area contributed by atoms with E-state index in [1.165, 1.54) is 12.5 Å². The molecule has 1 aromatic carbocycles. The van der Waals surface area contributed by atoms with Crippen molar-refractivity contribution in [1.82, 2.24) is 0 Å². The molecule has 0 aliphatic carbocycles. The summed E-state index contributed by atoms with van der Waals surface area (Å²) >= 11 is 7.60. The standard InChI is InChI=1S/C13H12ClNO2S/c1-2-18-12-4-3-10(14)7-11(12)15-13(16)9-5-6-17-8-9/h3-8H,2H2,1H3,(H,15,16). The van der Waals surface area contributed by atoms with Gasteiger partial charge in [-0.1, -0.05) is 18.5 Å². The van der Waals surface area contributed by atoms with Crippen LogP contribution >= 0.6 is 23.4 Å². The van der Waals surface area contributed by atoms with Crippen LogP contribution in [-0.2, 0) is 0 Å². The number of anilines is 1. The van der Waals surface area contributed by atoms with Gasteiger partial charge in [0, 0.05) is 9.92 Å². The lowest BCUT2D eigenvalue weighted by Crippen LogP contribution is -2.11. The number of amides is 1. The van der Waals surface area contributed by atoms with Crippen molar-refractivity contribution in [3.05, 3.63) is 47.4 Å². The van der Waals surface area contributed by atoms with Gasteiger partial charge in [0.15, 0.2) is 0 Å². The molecule has 0 aliphatic rings. The topological polar surface area (TPSA) is 42.2 Å². The fourth-order valence-corrected chi connectivity index (χ4v) is 2.38. The van der Waals surface area contributed by atoms with Crippen molar-refractivity contribution in [2.24, 2.45) is 0 Å².